The molecule has 2 fully saturated rings. The Morgan fingerprint density at radius 3 is 2.21 bits per heavy atom. The van der Waals surface area contributed by atoms with Crippen LogP contribution in [-0.2, 0) is 9.53 Å². The Morgan fingerprint density at radius 2 is 1.48 bits per heavy atom. The molecule has 2 aromatic rings. The number of rotatable bonds is 4. The van der Waals surface area contributed by atoms with Gasteiger partial charge >= 0.3 is 0 Å². The quantitative estimate of drug-likeness (QED) is 0.867. The minimum absolute atomic E-state index is 0.00911. The van der Waals surface area contributed by atoms with Crippen LogP contribution in [0.2, 0.25) is 0 Å². The molecule has 6 heteroatoms. The van der Waals surface area contributed by atoms with Gasteiger partial charge in [0.05, 0.1) is 24.5 Å². The summed E-state index contributed by atoms with van der Waals surface area (Å²) in [5.41, 5.74) is 2.41. The number of anilines is 2. The number of nitrogens with one attached hydrogen (secondary N) is 1. The molecule has 0 aromatic heterocycles. The summed E-state index contributed by atoms with van der Waals surface area (Å²) in [6.45, 7) is 3.81. The zero-order valence-corrected chi connectivity index (χ0v) is 16.5. The number of nitrogens with zero attached hydrogens (tertiary/aromatic N) is 2. The zero-order valence-electron chi connectivity index (χ0n) is 16.5. The number of para-hydroxylation sites is 2. The molecule has 152 valence electrons. The van der Waals surface area contributed by atoms with E-state index in [0.29, 0.717) is 45.0 Å². The van der Waals surface area contributed by atoms with Crippen LogP contribution in [0.5, 0.6) is 0 Å². The fourth-order valence-electron chi connectivity index (χ4n) is 4.00. The van der Waals surface area contributed by atoms with E-state index in [2.05, 4.69) is 5.32 Å². The lowest BCUT2D eigenvalue weighted by molar-refractivity contribution is -0.141. The number of carbonyl (C=O) groups excluding carboxylic acids is 2. The van der Waals surface area contributed by atoms with E-state index in [1.54, 1.807) is 0 Å². The monoisotopic (exact) mass is 393 g/mol. The lowest BCUT2D eigenvalue weighted by atomic mass is 9.94. The van der Waals surface area contributed by atoms with Crippen molar-refractivity contribution in [3.8, 4) is 0 Å². The molecule has 2 aliphatic rings. The molecule has 0 spiro atoms. The van der Waals surface area contributed by atoms with Crippen molar-refractivity contribution in [2.45, 2.75) is 12.8 Å². The Morgan fingerprint density at radius 1 is 0.828 bits per heavy atom. The number of morpholine rings is 1. The third kappa shape index (κ3) is 4.59. The second kappa shape index (κ2) is 9.09. The van der Waals surface area contributed by atoms with E-state index in [0.717, 1.165) is 24.2 Å². The molecule has 0 unspecified atom stereocenters. The van der Waals surface area contributed by atoms with Crippen LogP contribution in [0.1, 0.15) is 23.2 Å². The summed E-state index contributed by atoms with van der Waals surface area (Å²) in [5, 5.41) is 3.34. The molecule has 6 nitrogen and oxygen atoms in total. The predicted molar refractivity (Wildman–Crippen MR) is 112 cm³/mol. The van der Waals surface area contributed by atoms with Crippen molar-refractivity contribution in [3.05, 3.63) is 60.2 Å². The SMILES string of the molecule is O=C(c1ccccc1Nc1ccccc1)N1CCC(C(=O)N2CCOCC2)CC1. The van der Waals surface area contributed by atoms with Crippen LogP contribution in [0, 0.1) is 5.92 Å². The highest BCUT2D eigenvalue weighted by molar-refractivity contribution is 6.00. The van der Waals surface area contributed by atoms with E-state index in [9.17, 15) is 9.59 Å². The molecule has 0 aliphatic carbocycles. The number of hydrogen-bond acceptors (Lipinski definition) is 4. The van der Waals surface area contributed by atoms with Gasteiger partial charge in [-0.15, -0.1) is 0 Å². The first kappa shape index (κ1) is 19.5. The predicted octanol–water partition coefficient (Wildman–Crippen LogP) is 3.14. The minimum atomic E-state index is 0.00911. The van der Waals surface area contributed by atoms with Gasteiger partial charge in [0.25, 0.3) is 5.91 Å². The topological polar surface area (TPSA) is 61.9 Å². The van der Waals surface area contributed by atoms with Gasteiger partial charge in [0.2, 0.25) is 5.91 Å². The lowest BCUT2D eigenvalue weighted by Crippen LogP contribution is -2.47. The van der Waals surface area contributed by atoms with Crippen molar-refractivity contribution >= 4 is 23.2 Å². The maximum Gasteiger partial charge on any atom is 0.255 e. The molecule has 0 atom stereocenters. The van der Waals surface area contributed by atoms with Crippen molar-refractivity contribution < 1.29 is 14.3 Å². The van der Waals surface area contributed by atoms with Crippen LogP contribution in [0.3, 0.4) is 0 Å². The van der Waals surface area contributed by atoms with Gasteiger partial charge in [-0.2, -0.15) is 0 Å². The Balaban J connectivity index is 1.39. The summed E-state index contributed by atoms with van der Waals surface area (Å²) in [4.78, 5) is 29.7. The average molecular weight is 393 g/mol. The Kier molecular flexibility index (Phi) is 6.10. The minimum Gasteiger partial charge on any atom is -0.378 e. The summed E-state index contributed by atoms with van der Waals surface area (Å²) in [6, 6.07) is 17.4. The van der Waals surface area contributed by atoms with E-state index in [1.807, 2.05) is 64.4 Å². The van der Waals surface area contributed by atoms with Gasteiger partial charge in [0.15, 0.2) is 0 Å². The zero-order chi connectivity index (χ0) is 20.1. The van der Waals surface area contributed by atoms with Crippen LogP contribution >= 0.6 is 0 Å². The average Bonchev–Trinajstić information content (AvgIpc) is 2.80. The standard InChI is InChI=1S/C23H27N3O3/c27-22(26-14-16-29-17-15-26)18-10-12-25(13-11-18)23(28)20-8-4-5-9-21(20)24-19-6-2-1-3-7-19/h1-9,18,24H,10-17H2. The summed E-state index contributed by atoms with van der Waals surface area (Å²) in [5.74, 6) is 0.239. The number of amides is 2. The molecule has 2 saturated heterocycles. The number of benzene rings is 2. The Hall–Kier alpha value is -2.86. The molecular formula is C23H27N3O3. The Labute approximate surface area is 171 Å². The summed E-state index contributed by atoms with van der Waals surface area (Å²) < 4.78 is 5.34. The first-order chi connectivity index (χ1) is 14.2. The van der Waals surface area contributed by atoms with Crippen LogP contribution < -0.4 is 5.32 Å². The Bertz CT molecular complexity index is 841. The molecule has 2 heterocycles. The van der Waals surface area contributed by atoms with Gasteiger partial charge in [-0.25, -0.2) is 0 Å². The van der Waals surface area contributed by atoms with E-state index >= 15 is 0 Å². The van der Waals surface area contributed by atoms with E-state index < -0.39 is 0 Å². The normalized spacial score (nSPS) is 17.8. The van der Waals surface area contributed by atoms with Gasteiger partial charge in [0, 0.05) is 37.8 Å². The van der Waals surface area contributed by atoms with Gasteiger partial charge in [0.1, 0.15) is 0 Å². The van der Waals surface area contributed by atoms with Crippen molar-refractivity contribution in [3.63, 3.8) is 0 Å². The summed E-state index contributed by atoms with van der Waals surface area (Å²) in [6.07, 6.45) is 1.44. The smallest absolute Gasteiger partial charge is 0.255 e. The molecule has 0 radical (unpaired) electrons. The van der Waals surface area contributed by atoms with Gasteiger partial charge in [-0.1, -0.05) is 30.3 Å². The van der Waals surface area contributed by atoms with Crippen molar-refractivity contribution in [1.29, 1.82) is 0 Å². The first-order valence-corrected chi connectivity index (χ1v) is 10.3. The van der Waals surface area contributed by atoms with Crippen LogP contribution in [0.4, 0.5) is 11.4 Å². The highest BCUT2D eigenvalue weighted by Crippen LogP contribution is 2.26. The number of hydrogen-bond donors (Lipinski definition) is 1. The van der Waals surface area contributed by atoms with Crippen LogP contribution in [0.15, 0.2) is 54.6 Å². The third-order valence-corrected chi connectivity index (χ3v) is 5.66. The number of likely N-dealkylation sites (tertiary alicyclic amines) is 1. The number of carbonyl (C=O) groups is 2. The first-order valence-electron chi connectivity index (χ1n) is 10.3. The highest BCUT2D eigenvalue weighted by atomic mass is 16.5. The van der Waals surface area contributed by atoms with Crippen molar-refractivity contribution in [2.24, 2.45) is 5.92 Å². The molecule has 0 saturated carbocycles. The second-order valence-electron chi connectivity index (χ2n) is 7.54. The van der Waals surface area contributed by atoms with Crippen LogP contribution in [-0.4, -0.2) is 61.0 Å². The van der Waals surface area contributed by atoms with Crippen molar-refractivity contribution in [2.75, 3.05) is 44.7 Å². The number of ether oxygens (including phenoxy) is 1. The van der Waals surface area contributed by atoms with E-state index in [1.165, 1.54) is 0 Å². The fraction of sp³-hybridized carbons (Fsp3) is 0.391. The largest absolute Gasteiger partial charge is 0.378 e. The molecular weight excluding hydrogens is 366 g/mol. The van der Waals surface area contributed by atoms with E-state index in [4.69, 9.17) is 4.74 Å². The molecule has 2 amide bonds. The summed E-state index contributed by atoms with van der Waals surface area (Å²) in [7, 11) is 0. The molecule has 4 rings (SSSR count). The molecule has 2 aliphatic heterocycles. The van der Waals surface area contributed by atoms with Crippen LogP contribution in [0.25, 0.3) is 0 Å². The molecule has 29 heavy (non-hydrogen) atoms. The fourth-order valence-corrected chi connectivity index (χ4v) is 4.00. The molecule has 0 bridgehead atoms. The molecule has 2 aromatic carbocycles. The summed E-state index contributed by atoms with van der Waals surface area (Å²) >= 11 is 0. The van der Waals surface area contributed by atoms with Gasteiger partial charge in [-0.3, -0.25) is 9.59 Å². The van der Waals surface area contributed by atoms with E-state index in [-0.39, 0.29) is 17.7 Å². The second-order valence-corrected chi connectivity index (χ2v) is 7.54. The molecule has 1 N–H and O–H groups in total. The highest BCUT2D eigenvalue weighted by Gasteiger charge is 2.31. The number of piperidine rings is 1. The maximum absolute atomic E-state index is 13.2. The van der Waals surface area contributed by atoms with Gasteiger partial charge < -0.3 is 19.9 Å². The van der Waals surface area contributed by atoms with Crippen molar-refractivity contribution in [1.82, 2.24) is 9.80 Å². The lowest BCUT2D eigenvalue weighted by Gasteiger charge is -2.35. The maximum atomic E-state index is 13.2. The van der Waals surface area contributed by atoms with Gasteiger partial charge in [-0.05, 0) is 37.1 Å². The third-order valence-electron chi connectivity index (χ3n) is 5.66.